The first-order valence-corrected chi connectivity index (χ1v) is 16.9. The second-order valence-corrected chi connectivity index (χ2v) is 14.3. The van der Waals surface area contributed by atoms with E-state index in [-0.39, 0.29) is 5.91 Å². The molecular formula is C31H31NOS4. The number of hydrogen-bond acceptors (Lipinski definition) is 5. The van der Waals surface area contributed by atoms with E-state index in [1.165, 1.54) is 64.4 Å². The molecule has 1 aromatic carbocycles. The Labute approximate surface area is 236 Å². The van der Waals surface area contributed by atoms with Crippen LogP contribution in [0.2, 0.25) is 0 Å². The van der Waals surface area contributed by atoms with Crippen molar-refractivity contribution in [2.75, 3.05) is 18.6 Å². The molecule has 0 radical (unpaired) electrons. The Morgan fingerprint density at radius 3 is 2.68 bits per heavy atom. The van der Waals surface area contributed by atoms with E-state index in [2.05, 4.69) is 66.2 Å². The largest absolute Gasteiger partial charge is 0.355 e. The molecular weight excluding hydrogens is 531 g/mol. The van der Waals surface area contributed by atoms with Crippen molar-refractivity contribution in [1.29, 1.82) is 0 Å². The van der Waals surface area contributed by atoms with Crippen LogP contribution in [0, 0.1) is 0 Å². The summed E-state index contributed by atoms with van der Waals surface area (Å²) in [5.41, 5.74) is 10.6. The molecule has 0 aliphatic heterocycles. The number of carbonyl (C=O) groups is 1. The van der Waals surface area contributed by atoms with Gasteiger partial charge in [-0.15, -0.1) is 46.2 Å². The molecule has 190 valence electrons. The van der Waals surface area contributed by atoms with Crippen molar-refractivity contribution in [3.05, 3.63) is 88.0 Å². The monoisotopic (exact) mass is 561 g/mol. The highest BCUT2D eigenvalue weighted by Crippen LogP contribution is 2.46. The van der Waals surface area contributed by atoms with Crippen LogP contribution in [0.1, 0.15) is 47.9 Å². The van der Waals surface area contributed by atoms with Gasteiger partial charge in [0, 0.05) is 28.5 Å². The van der Waals surface area contributed by atoms with Gasteiger partial charge in [-0.3, -0.25) is 4.79 Å². The van der Waals surface area contributed by atoms with Crippen LogP contribution in [0.15, 0.2) is 74.2 Å². The Kier molecular flexibility index (Phi) is 7.80. The molecule has 1 amide bonds. The van der Waals surface area contributed by atoms with Gasteiger partial charge in [-0.25, -0.2) is 0 Å². The average molecular weight is 562 g/mol. The van der Waals surface area contributed by atoms with E-state index in [1.54, 1.807) is 17.3 Å². The van der Waals surface area contributed by atoms with E-state index in [4.69, 9.17) is 0 Å². The third-order valence-electron chi connectivity index (χ3n) is 7.40. The van der Waals surface area contributed by atoms with Crippen molar-refractivity contribution in [1.82, 2.24) is 5.32 Å². The molecule has 0 spiro atoms. The minimum atomic E-state index is 0.173. The van der Waals surface area contributed by atoms with Gasteiger partial charge in [-0.05, 0) is 102 Å². The van der Waals surface area contributed by atoms with E-state index < -0.39 is 0 Å². The van der Waals surface area contributed by atoms with Crippen LogP contribution in [0.3, 0.4) is 0 Å². The molecule has 0 unspecified atom stereocenters. The van der Waals surface area contributed by atoms with Crippen LogP contribution in [-0.4, -0.2) is 24.5 Å². The van der Waals surface area contributed by atoms with Crippen molar-refractivity contribution < 1.29 is 4.79 Å². The van der Waals surface area contributed by atoms with Crippen LogP contribution < -0.4 is 5.32 Å². The van der Waals surface area contributed by atoms with Crippen LogP contribution >= 0.6 is 46.2 Å². The number of rotatable bonds is 10. The van der Waals surface area contributed by atoms with E-state index >= 15 is 0 Å². The minimum Gasteiger partial charge on any atom is -0.355 e. The van der Waals surface area contributed by atoms with Crippen molar-refractivity contribution >= 4 is 57.7 Å². The summed E-state index contributed by atoms with van der Waals surface area (Å²) in [6, 6.07) is 13.5. The maximum Gasteiger partial charge on any atom is 0.220 e. The lowest BCUT2D eigenvalue weighted by Crippen LogP contribution is -2.25. The van der Waals surface area contributed by atoms with Gasteiger partial charge in [-0.2, -0.15) is 0 Å². The van der Waals surface area contributed by atoms with E-state index in [1.807, 2.05) is 34.4 Å². The highest BCUT2D eigenvalue weighted by atomic mass is 32.2. The summed E-state index contributed by atoms with van der Waals surface area (Å²) in [7, 11) is 0. The summed E-state index contributed by atoms with van der Waals surface area (Å²) in [5.74, 6) is 1.08. The fourth-order valence-electron chi connectivity index (χ4n) is 5.62. The Morgan fingerprint density at radius 2 is 1.84 bits per heavy atom. The van der Waals surface area contributed by atoms with Gasteiger partial charge >= 0.3 is 0 Å². The van der Waals surface area contributed by atoms with E-state index in [0.29, 0.717) is 13.0 Å². The number of thiophene rings is 2. The first kappa shape index (κ1) is 25.3. The van der Waals surface area contributed by atoms with Crippen LogP contribution in [-0.2, 0) is 24.1 Å². The summed E-state index contributed by atoms with van der Waals surface area (Å²) in [6.45, 7) is 0.717. The molecule has 0 saturated heterocycles. The number of nitrogens with one attached hydrogen (secondary N) is 1. The molecule has 0 fully saturated rings. The maximum atomic E-state index is 12.5. The van der Waals surface area contributed by atoms with Gasteiger partial charge in [0.25, 0.3) is 0 Å². The number of allylic oxidation sites excluding steroid dienone is 6. The fraction of sp³-hybridized carbons (Fsp3) is 0.323. The summed E-state index contributed by atoms with van der Waals surface area (Å²) in [5, 5.41) is 3.13. The van der Waals surface area contributed by atoms with E-state index in [9.17, 15) is 4.79 Å². The lowest BCUT2D eigenvalue weighted by atomic mass is 9.72. The topological polar surface area (TPSA) is 29.1 Å². The van der Waals surface area contributed by atoms with Crippen molar-refractivity contribution in [2.24, 2.45) is 0 Å². The van der Waals surface area contributed by atoms with E-state index in [0.717, 1.165) is 31.4 Å². The second-order valence-electron chi connectivity index (χ2n) is 9.68. The smallest absolute Gasteiger partial charge is 0.220 e. The summed E-state index contributed by atoms with van der Waals surface area (Å²) in [6.07, 6.45) is 16.1. The Morgan fingerprint density at radius 1 is 1.00 bits per heavy atom. The zero-order valence-electron chi connectivity index (χ0n) is 21.1. The molecule has 3 aliphatic carbocycles. The lowest BCUT2D eigenvalue weighted by molar-refractivity contribution is -0.121. The molecule has 0 saturated carbocycles. The van der Waals surface area contributed by atoms with Gasteiger partial charge in [-0.1, -0.05) is 35.9 Å². The first-order valence-electron chi connectivity index (χ1n) is 13.1. The molecule has 2 nitrogen and oxygen atoms in total. The molecule has 6 rings (SSSR count). The number of benzene rings is 1. The summed E-state index contributed by atoms with van der Waals surface area (Å²) in [4.78, 5) is 15.2. The van der Waals surface area contributed by atoms with Gasteiger partial charge < -0.3 is 5.32 Å². The molecule has 6 heteroatoms. The maximum absolute atomic E-state index is 12.5. The molecule has 3 aliphatic rings. The summed E-state index contributed by atoms with van der Waals surface area (Å²) >= 11 is 7.33. The highest BCUT2D eigenvalue weighted by molar-refractivity contribution is 8.01. The van der Waals surface area contributed by atoms with Gasteiger partial charge in [0.2, 0.25) is 5.91 Å². The van der Waals surface area contributed by atoms with Crippen LogP contribution in [0.5, 0.6) is 0 Å². The first-order chi connectivity index (χ1) is 18.2. The number of hydrogen-bond donors (Lipinski definition) is 1. The zero-order valence-corrected chi connectivity index (χ0v) is 24.4. The second kappa shape index (κ2) is 11.4. The molecule has 3 aromatic rings. The third-order valence-corrected chi connectivity index (χ3v) is 12.1. The van der Waals surface area contributed by atoms with Gasteiger partial charge in [0.15, 0.2) is 0 Å². The quantitative estimate of drug-likeness (QED) is 0.199. The average Bonchev–Trinajstić information content (AvgIpc) is 3.60. The Balaban J connectivity index is 0.970. The normalized spacial score (nSPS) is 15.5. The summed E-state index contributed by atoms with van der Waals surface area (Å²) < 4.78 is 2.67. The standard InChI is InChI=1S/C31H31NOS4/c1-34-28-16-14-25(36-28)26-15-17-29(37-26)35-19-18-32-27(33)7-3-4-20-8-9-23-11-10-21-5-2-6-22-12-13-24(20)31(23)30(21)22/h2,6,8-9,12,14-17H,3-5,7,10-11,13,18-19H2,1H3,(H,32,33). The fourth-order valence-corrected chi connectivity index (χ4v) is 9.32. The molecule has 1 N–H and O–H groups in total. The van der Waals surface area contributed by atoms with Crippen molar-refractivity contribution in [3.8, 4) is 9.75 Å². The lowest BCUT2D eigenvalue weighted by Gasteiger charge is -2.32. The number of aryl methyl sites for hydroxylation is 2. The molecule has 37 heavy (non-hydrogen) atoms. The molecule has 0 atom stereocenters. The van der Waals surface area contributed by atoms with Crippen molar-refractivity contribution in [3.63, 3.8) is 0 Å². The minimum absolute atomic E-state index is 0.173. The number of amides is 1. The predicted molar refractivity (Wildman–Crippen MR) is 163 cm³/mol. The molecule has 2 heterocycles. The molecule has 2 aromatic heterocycles. The Hall–Kier alpha value is -1.99. The van der Waals surface area contributed by atoms with Crippen molar-refractivity contribution in [2.45, 2.75) is 53.4 Å². The van der Waals surface area contributed by atoms with Gasteiger partial charge in [0.05, 0.1) is 8.42 Å². The highest BCUT2D eigenvalue weighted by Gasteiger charge is 2.28. The number of thioether (sulfide) groups is 2. The predicted octanol–water partition coefficient (Wildman–Crippen LogP) is 8.57. The third kappa shape index (κ3) is 5.44. The SMILES string of the molecule is CSc1ccc(-c2ccc(SCCNC(=O)CCCc3ccc4c5c3CC=C3C=CCC(=C35)CC4)s2)s1. The van der Waals surface area contributed by atoms with Crippen LogP contribution in [0.4, 0.5) is 0 Å². The number of carbonyl (C=O) groups excluding carboxylic acids is 1. The zero-order chi connectivity index (χ0) is 25.2. The van der Waals surface area contributed by atoms with Crippen LogP contribution in [0.25, 0.3) is 15.3 Å². The molecule has 0 bridgehead atoms. The van der Waals surface area contributed by atoms with Gasteiger partial charge in [0.1, 0.15) is 0 Å². The Bertz CT molecular complexity index is 1420.